The Morgan fingerprint density at radius 1 is 1.59 bits per heavy atom. The van der Waals surface area contributed by atoms with Crippen LogP contribution in [0.25, 0.3) is 0 Å². The van der Waals surface area contributed by atoms with Crippen molar-refractivity contribution in [1.82, 2.24) is 4.98 Å². The zero-order valence-corrected chi connectivity index (χ0v) is 11.1. The molecule has 0 atom stereocenters. The van der Waals surface area contributed by atoms with Crippen LogP contribution in [0.3, 0.4) is 0 Å². The van der Waals surface area contributed by atoms with Gasteiger partial charge in [-0.25, -0.2) is 4.98 Å². The molecule has 1 saturated heterocycles. The minimum Gasteiger partial charge on any atom is -0.384 e. The molecule has 0 spiro atoms. The summed E-state index contributed by atoms with van der Waals surface area (Å²) < 4.78 is 5.18. The smallest absolute Gasteiger partial charge is 0.185 e. The molecule has 0 saturated carbocycles. The number of methoxy groups -OCH3 is 1. The first-order valence-electron chi connectivity index (χ1n) is 5.91. The van der Waals surface area contributed by atoms with Gasteiger partial charge in [-0.1, -0.05) is 11.3 Å². The lowest BCUT2D eigenvalue weighted by Gasteiger charge is -2.31. The van der Waals surface area contributed by atoms with Gasteiger partial charge in [-0.05, 0) is 18.8 Å². The Balaban J connectivity index is 1.93. The van der Waals surface area contributed by atoms with Crippen molar-refractivity contribution in [2.24, 2.45) is 5.92 Å². The van der Waals surface area contributed by atoms with Gasteiger partial charge in [0.05, 0.1) is 11.1 Å². The molecule has 17 heavy (non-hydrogen) atoms. The van der Waals surface area contributed by atoms with Crippen molar-refractivity contribution in [2.45, 2.75) is 19.8 Å². The van der Waals surface area contributed by atoms with Gasteiger partial charge in [-0.2, -0.15) is 0 Å². The maximum atomic E-state index is 11.2. The Bertz CT molecular complexity index is 384. The molecule has 2 heterocycles. The second-order valence-electron chi connectivity index (χ2n) is 4.45. The third kappa shape index (κ3) is 3.04. The molecule has 4 nitrogen and oxygen atoms in total. The zero-order chi connectivity index (χ0) is 12.3. The largest absolute Gasteiger partial charge is 0.384 e. The molecule has 1 aromatic rings. The molecule has 0 amide bonds. The Hall–Kier alpha value is -0.940. The van der Waals surface area contributed by atoms with Gasteiger partial charge >= 0.3 is 0 Å². The Morgan fingerprint density at radius 2 is 2.29 bits per heavy atom. The van der Waals surface area contributed by atoms with Crippen LogP contribution in [-0.2, 0) is 4.74 Å². The summed E-state index contributed by atoms with van der Waals surface area (Å²) in [6.45, 7) is 4.46. The van der Waals surface area contributed by atoms with Crippen LogP contribution in [0.5, 0.6) is 0 Å². The SMILES string of the molecule is COCC1CCN(c2ncc(C(C)=O)s2)CC1. The lowest BCUT2D eigenvalue weighted by Crippen LogP contribution is -2.34. The summed E-state index contributed by atoms with van der Waals surface area (Å²) in [6.07, 6.45) is 3.97. The molecule has 0 N–H and O–H groups in total. The Kier molecular flexibility index (Phi) is 4.12. The summed E-state index contributed by atoms with van der Waals surface area (Å²) >= 11 is 1.50. The third-order valence-corrected chi connectivity index (χ3v) is 4.29. The monoisotopic (exact) mass is 254 g/mol. The van der Waals surface area contributed by atoms with Crippen molar-refractivity contribution in [3.63, 3.8) is 0 Å². The molecule has 0 radical (unpaired) electrons. The van der Waals surface area contributed by atoms with Crippen molar-refractivity contribution in [2.75, 3.05) is 31.7 Å². The summed E-state index contributed by atoms with van der Waals surface area (Å²) in [5.74, 6) is 0.770. The number of thiazole rings is 1. The topological polar surface area (TPSA) is 42.4 Å². The van der Waals surface area contributed by atoms with Gasteiger partial charge < -0.3 is 9.64 Å². The average Bonchev–Trinajstić information content (AvgIpc) is 2.80. The molecule has 5 heteroatoms. The summed E-state index contributed by atoms with van der Waals surface area (Å²) in [5, 5.41) is 0.978. The molecule has 1 aromatic heterocycles. The minimum absolute atomic E-state index is 0.100. The number of rotatable bonds is 4. The van der Waals surface area contributed by atoms with Gasteiger partial charge in [0.15, 0.2) is 10.9 Å². The van der Waals surface area contributed by atoms with Crippen LogP contribution in [0.15, 0.2) is 6.20 Å². The van der Waals surface area contributed by atoms with Gasteiger partial charge in [0.2, 0.25) is 0 Å². The van der Waals surface area contributed by atoms with E-state index in [4.69, 9.17) is 4.74 Å². The summed E-state index contributed by atoms with van der Waals surface area (Å²) in [4.78, 5) is 18.6. The molecule has 1 aliphatic rings. The second kappa shape index (κ2) is 5.60. The van der Waals surface area contributed by atoms with E-state index in [-0.39, 0.29) is 5.78 Å². The van der Waals surface area contributed by atoms with E-state index in [0.717, 1.165) is 42.5 Å². The van der Waals surface area contributed by atoms with Crippen molar-refractivity contribution in [3.05, 3.63) is 11.1 Å². The number of Topliss-reactive ketones (excluding diaryl/α,β-unsaturated/α-hetero) is 1. The van der Waals surface area contributed by atoms with Crippen LogP contribution < -0.4 is 4.90 Å². The van der Waals surface area contributed by atoms with Gasteiger partial charge in [-0.3, -0.25) is 4.79 Å². The van der Waals surface area contributed by atoms with Gasteiger partial charge in [0, 0.05) is 33.7 Å². The molecule has 0 aromatic carbocycles. The van der Waals surface area contributed by atoms with Crippen molar-refractivity contribution in [1.29, 1.82) is 0 Å². The highest BCUT2D eigenvalue weighted by Crippen LogP contribution is 2.27. The maximum absolute atomic E-state index is 11.2. The number of hydrogen-bond donors (Lipinski definition) is 0. The molecule has 94 valence electrons. The van der Waals surface area contributed by atoms with E-state index in [2.05, 4.69) is 9.88 Å². The molecule has 2 rings (SSSR count). The number of anilines is 1. The van der Waals surface area contributed by atoms with E-state index in [1.165, 1.54) is 11.3 Å². The Labute approximate surface area is 106 Å². The fraction of sp³-hybridized carbons (Fsp3) is 0.667. The number of piperidine rings is 1. The first kappa shape index (κ1) is 12.5. The highest BCUT2D eigenvalue weighted by molar-refractivity contribution is 7.17. The standard InChI is InChI=1S/C12H18N2O2S/c1-9(15)11-7-13-12(17-11)14-5-3-10(4-6-14)8-16-2/h7,10H,3-6,8H2,1-2H3. The Morgan fingerprint density at radius 3 is 2.82 bits per heavy atom. The van der Waals surface area contributed by atoms with E-state index >= 15 is 0 Å². The number of carbonyl (C=O) groups is 1. The minimum atomic E-state index is 0.100. The van der Waals surface area contributed by atoms with Crippen LogP contribution in [0.1, 0.15) is 29.4 Å². The molecular weight excluding hydrogens is 236 g/mol. The highest BCUT2D eigenvalue weighted by Gasteiger charge is 2.21. The number of nitrogens with zero attached hydrogens (tertiary/aromatic N) is 2. The molecule has 0 aliphatic carbocycles. The lowest BCUT2D eigenvalue weighted by atomic mass is 9.98. The van der Waals surface area contributed by atoms with Gasteiger partial charge in [-0.15, -0.1) is 0 Å². The van der Waals surface area contributed by atoms with Crippen molar-refractivity contribution < 1.29 is 9.53 Å². The fourth-order valence-electron chi connectivity index (χ4n) is 2.10. The summed E-state index contributed by atoms with van der Waals surface area (Å²) in [6, 6.07) is 0. The summed E-state index contributed by atoms with van der Waals surface area (Å²) in [5.41, 5.74) is 0. The molecule has 1 fully saturated rings. The lowest BCUT2D eigenvalue weighted by molar-refractivity contribution is 0.102. The quantitative estimate of drug-likeness (QED) is 0.773. The van der Waals surface area contributed by atoms with E-state index < -0.39 is 0 Å². The molecule has 0 bridgehead atoms. The zero-order valence-electron chi connectivity index (χ0n) is 10.3. The van der Waals surface area contributed by atoms with E-state index in [1.54, 1.807) is 20.2 Å². The highest BCUT2D eigenvalue weighted by atomic mass is 32.1. The number of ether oxygens (including phenoxy) is 1. The molecular formula is C12H18N2O2S. The maximum Gasteiger partial charge on any atom is 0.185 e. The van der Waals surface area contributed by atoms with Crippen LogP contribution in [0.2, 0.25) is 0 Å². The van der Waals surface area contributed by atoms with Crippen LogP contribution in [0.4, 0.5) is 5.13 Å². The predicted octanol–water partition coefficient (Wildman–Crippen LogP) is 2.21. The van der Waals surface area contributed by atoms with Crippen molar-refractivity contribution >= 4 is 22.3 Å². The second-order valence-corrected chi connectivity index (χ2v) is 5.46. The number of ketones is 1. The van der Waals surface area contributed by atoms with Crippen LogP contribution >= 0.6 is 11.3 Å². The number of aromatic nitrogens is 1. The molecule has 1 aliphatic heterocycles. The molecule has 0 unspecified atom stereocenters. The van der Waals surface area contributed by atoms with Crippen LogP contribution in [0, 0.1) is 5.92 Å². The van der Waals surface area contributed by atoms with E-state index in [1.807, 2.05) is 0 Å². The van der Waals surface area contributed by atoms with Gasteiger partial charge in [0.25, 0.3) is 0 Å². The van der Waals surface area contributed by atoms with Crippen molar-refractivity contribution in [3.8, 4) is 0 Å². The first-order chi connectivity index (χ1) is 8.20. The normalized spacial score (nSPS) is 17.4. The third-order valence-electron chi connectivity index (χ3n) is 3.13. The summed E-state index contributed by atoms with van der Waals surface area (Å²) in [7, 11) is 1.76. The van der Waals surface area contributed by atoms with Gasteiger partial charge in [0.1, 0.15) is 0 Å². The first-order valence-corrected chi connectivity index (χ1v) is 6.73. The van der Waals surface area contributed by atoms with E-state index in [0.29, 0.717) is 5.92 Å². The van der Waals surface area contributed by atoms with Crippen LogP contribution in [-0.4, -0.2) is 37.6 Å². The fourth-order valence-corrected chi connectivity index (χ4v) is 2.96. The number of carbonyl (C=O) groups excluding carboxylic acids is 1. The average molecular weight is 254 g/mol. The van der Waals surface area contributed by atoms with E-state index in [9.17, 15) is 4.79 Å². The predicted molar refractivity (Wildman–Crippen MR) is 68.9 cm³/mol. The number of hydrogen-bond acceptors (Lipinski definition) is 5.